The van der Waals surface area contributed by atoms with Gasteiger partial charge in [-0.3, -0.25) is 0 Å². The van der Waals surface area contributed by atoms with Gasteiger partial charge in [0.05, 0.1) is 0 Å². The van der Waals surface area contributed by atoms with Gasteiger partial charge in [0.15, 0.2) is 0 Å². The molecule has 0 aliphatic carbocycles. The number of hydrogen-bond donors (Lipinski definition) is 1. The molecular weight excluding hydrogens is 146 g/mol. The first-order valence-electron chi connectivity index (χ1n) is 4.64. The zero-order valence-electron chi connectivity index (χ0n) is 8.30. The Balaban J connectivity index is 0.000000354. The summed E-state index contributed by atoms with van der Waals surface area (Å²) in [5.74, 6) is 0. The van der Waals surface area contributed by atoms with Crippen molar-refractivity contribution in [2.45, 2.75) is 27.2 Å². The second-order valence-corrected chi connectivity index (χ2v) is 2.60. The summed E-state index contributed by atoms with van der Waals surface area (Å²) in [6.45, 7) is 7.33. The SMILES string of the molecule is CCC.CCNc1ccccc1. The van der Waals surface area contributed by atoms with Gasteiger partial charge in [0.25, 0.3) is 0 Å². The molecule has 1 aromatic rings. The number of anilines is 1. The molecule has 0 aliphatic heterocycles. The van der Waals surface area contributed by atoms with Crippen molar-refractivity contribution in [2.75, 3.05) is 11.9 Å². The summed E-state index contributed by atoms with van der Waals surface area (Å²) in [4.78, 5) is 0. The highest BCUT2D eigenvalue weighted by Gasteiger charge is 1.81. The predicted molar refractivity (Wildman–Crippen MR) is 56.6 cm³/mol. The lowest BCUT2D eigenvalue weighted by Gasteiger charge is -1.99. The Hall–Kier alpha value is -0.980. The molecule has 0 amide bonds. The van der Waals surface area contributed by atoms with Gasteiger partial charge in [0.1, 0.15) is 0 Å². The van der Waals surface area contributed by atoms with Crippen LogP contribution in [0.15, 0.2) is 30.3 Å². The van der Waals surface area contributed by atoms with Crippen molar-refractivity contribution in [3.8, 4) is 0 Å². The largest absolute Gasteiger partial charge is 0.385 e. The van der Waals surface area contributed by atoms with Crippen molar-refractivity contribution < 1.29 is 0 Å². The van der Waals surface area contributed by atoms with Gasteiger partial charge in [0.2, 0.25) is 0 Å². The Kier molecular flexibility index (Phi) is 7.46. The van der Waals surface area contributed by atoms with E-state index in [1.54, 1.807) is 0 Å². The van der Waals surface area contributed by atoms with Crippen molar-refractivity contribution >= 4 is 5.69 Å². The van der Waals surface area contributed by atoms with Crippen LogP contribution in [0.4, 0.5) is 5.69 Å². The normalized spacial score (nSPS) is 8.25. The Labute approximate surface area is 75.8 Å². The van der Waals surface area contributed by atoms with Gasteiger partial charge >= 0.3 is 0 Å². The second kappa shape index (κ2) is 8.12. The molecule has 0 radical (unpaired) electrons. The molecule has 0 atom stereocenters. The van der Waals surface area contributed by atoms with E-state index in [2.05, 4.69) is 38.2 Å². The smallest absolute Gasteiger partial charge is 0.0340 e. The zero-order chi connectivity index (χ0) is 9.23. The van der Waals surface area contributed by atoms with E-state index in [-0.39, 0.29) is 0 Å². The van der Waals surface area contributed by atoms with E-state index in [1.807, 2.05) is 18.2 Å². The minimum Gasteiger partial charge on any atom is -0.385 e. The van der Waals surface area contributed by atoms with Crippen LogP contribution >= 0.6 is 0 Å². The molecule has 1 rings (SSSR count). The average Bonchev–Trinajstić information content (AvgIpc) is 2.08. The molecule has 0 saturated carbocycles. The molecule has 68 valence electrons. The number of para-hydroxylation sites is 1. The molecule has 0 saturated heterocycles. The maximum Gasteiger partial charge on any atom is 0.0340 e. The molecule has 1 heteroatoms. The van der Waals surface area contributed by atoms with Crippen molar-refractivity contribution in [2.24, 2.45) is 0 Å². The van der Waals surface area contributed by atoms with Gasteiger partial charge in [0, 0.05) is 12.2 Å². The van der Waals surface area contributed by atoms with Gasteiger partial charge in [-0.2, -0.15) is 0 Å². The van der Waals surface area contributed by atoms with Crippen LogP contribution in [0.2, 0.25) is 0 Å². The number of nitrogens with one attached hydrogen (secondary N) is 1. The first-order chi connectivity index (χ1) is 5.85. The highest BCUT2D eigenvalue weighted by molar-refractivity contribution is 5.41. The van der Waals surface area contributed by atoms with Crippen LogP contribution in [0.3, 0.4) is 0 Å². The molecule has 1 nitrogen and oxygen atoms in total. The van der Waals surface area contributed by atoms with Crippen molar-refractivity contribution in [1.29, 1.82) is 0 Å². The molecular formula is C11H19N. The lowest BCUT2D eigenvalue weighted by molar-refractivity contribution is 1.09. The maximum atomic E-state index is 3.21. The Morgan fingerprint density at radius 3 is 1.92 bits per heavy atom. The first kappa shape index (κ1) is 11.0. The molecule has 0 unspecified atom stereocenters. The number of rotatable bonds is 2. The quantitative estimate of drug-likeness (QED) is 0.706. The molecule has 1 aromatic carbocycles. The summed E-state index contributed by atoms with van der Waals surface area (Å²) in [6, 6.07) is 10.2. The lowest BCUT2D eigenvalue weighted by Crippen LogP contribution is -1.94. The van der Waals surface area contributed by atoms with Gasteiger partial charge in [-0.05, 0) is 19.1 Å². The van der Waals surface area contributed by atoms with Gasteiger partial charge < -0.3 is 5.32 Å². The van der Waals surface area contributed by atoms with Gasteiger partial charge in [-0.25, -0.2) is 0 Å². The van der Waals surface area contributed by atoms with E-state index < -0.39 is 0 Å². The van der Waals surface area contributed by atoms with Crippen LogP contribution in [-0.2, 0) is 0 Å². The van der Waals surface area contributed by atoms with Crippen molar-refractivity contribution in [1.82, 2.24) is 0 Å². The Bertz CT molecular complexity index is 170. The second-order valence-electron chi connectivity index (χ2n) is 2.60. The zero-order valence-corrected chi connectivity index (χ0v) is 8.30. The van der Waals surface area contributed by atoms with Crippen LogP contribution in [0.5, 0.6) is 0 Å². The topological polar surface area (TPSA) is 12.0 Å². The first-order valence-corrected chi connectivity index (χ1v) is 4.64. The molecule has 0 spiro atoms. The summed E-state index contributed by atoms with van der Waals surface area (Å²) in [7, 11) is 0. The number of hydrogen-bond acceptors (Lipinski definition) is 1. The van der Waals surface area contributed by atoms with Crippen LogP contribution < -0.4 is 5.32 Å². The van der Waals surface area contributed by atoms with E-state index in [0.717, 1.165) is 6.54 Å². The highest BCUT2D eigenvalue weighted by atomic mass is 14.8. The fourth-order valence-electron chi connectivity index (χ4n) is 0.760. The van der Waals surface area contributed by atoms with Crippen LogP contribution in [-0.4, -0.2) is 6.54 Å². The molecule has 0 heterocycles. The van der Waals surface area contributed by atoms with E-state index >= 15 is 0 Å². The van der Waals surface area contributed by atoms with Gasteiger partial charge in [-0.1, -0.05) is 38.5 Å². The third-order valence-electron chi connectivity index (χ3n) is 1.15. The molecule has 0 aromatic heterocycles. The molecule has 0 bridgehead atoms. The van der Waals surface area contributed by atoms with E-state index in [1.165, 1.54) is 12.1 Å². The average molecular weight is 165 g/mol. The van der Waals surface area contributed by atoms with E-state index in [0.29, 0.717) is 0 Å². The third kappa shape index (κ3) is 5.78. The summed E-state index contributed by atoms with van der Waals surface area (Å²) in [6.07, 6.45) is 1.25. The molecule has 1 N–H and O–H groups in total. The van der Waals surface area contributed by atoms with Crippen LogP contribution in [0, 0.1) is 0 Å². The van der Waals surface area contributed by atoms with Crippen LogP contribution in [0.1, 0.15) is 27.2 Å². The monoisotopic (exact) mass is 165 g/mol. The molecule has 0 aliphatic rings. The minimum atomic E-state index is 0.990. The highest BCUT2D eigenvalue weighted by Crippen LogP contribution is 2.02. The van der Waals surface area contributed by atoms with Crippen LogP contribution in [0.25, 0.3) is 0 Å². The standard InChI is InChI=1S/C8H11N.C3H8/c1-2-9-8-6-4-3-5-7-8;1-3-2/h3-7,9H,2H2,1H3;3H2,1-2H3. The van der Waals surface area contributed by atoms with Crippen molar-refractivity contribution in [3.05, 3.63) is 30.3 Å². The predicted octanol–water partition coefficient (Wildman–Crippen LogP) is 3.53. The fourth-order valence-corrected chi connectivity index (χ4v) is 0.760. The summed E-state index contributed by atoms with van der Waals surface area (Å²) in [5, 5.41) is 3.21. The maximum absolute atomic E-state index is 3.21. The number of benzene rings is 1. The summed E-state index contributed by atoms with van der Waals surface area (Å²) in [5.41, 5.74) is 1.19. The fraction of sp³-hybridized carbons (Fsp3) is 0.455. The summed E-state index contributed by atoms with van der Waals surface area (Å²) >= 11 is 0. The van der Waals surface area contributed by atoms with E-state index in [9.17, 15) is 0 Å². The third-order valence-corrected chi connectivity index (χ3v) is 1.15. The molecule has 0 fully saturated rings. The lowest BCUT2D eigenvalue weighted by atomic mass is 10.3. The molecule has 12 heavy (non-hydrogen) atoms. The van der Waals surface area contributed by atoms with E-state index in [4.69, 9.17) is 0 Å². The summed E-state index contributed by atoms with van der Waals surface area (Å²) < 4.78 is 0. The van der Waals surface area contributed by atoms with Crippen molar-refractivity contribution in [3.63, 3.8) is 0 Å². The Morgan fingerprint density at radius 1 is 1.00 bits per heavy atom. The Morgan fingerprint density at radius 2 is 1.50 bits per heavy atom. The minimum absolute atomic E-state index is 0.990. The van der Waals surface area contributed by atoms with Gasteiger partial charge in [-0.15, -0.1) is 0 Å².